The lowest BCUT2D eigenvalue weighted by atomic mass is 10.2. The van der Waals surface area contributed by atoms with Crippen LogP contribution in [0.2, 0.25) is 0 Å². The van der Waals surface area contributed by atoms with Crippen molar-refractivity contribution in [1.29, 1.82) is 0 Å². The Kier molecular flexibility index (Phi) is 3.89. The highest BCUT2D eigenvalue weighted by Crippen LogP contribution is 2.23. The summed E-state index contributed by atoms with van der Waals surface area (Å²) in [4.78, 5) is 22.3. The Bertz CT molecular complexity index is 916. The summed E-state index contributed by atoms with van der Waals surface area (Å²) in [5, 5.41) is 6.48. The van der Waals surface area contributed by atoms with Gasteiger partial charge in [0.25, 0.3) is 5.91 Å². The molecule has 4 heterocycles. The molecular formula is C17H19N5O3. The number of carbonyl (C=O) groups is 1. The molecule has 4 rings (SSSR count). The first-order chi connectivity index (χ1) is 12.1. The maximum absolute atomic E-state index is 12.5. The lowest BCUT2D eigenvalue weighted by Crippen LogP contribution is -2.21. The van der Waals surface area contributed by atoms with Crippen molar-refractivity contribution >= 4 is 22.8 Å². The van der Waals surface area contributed by atoms with E-state index >= 15 is 0 Å². The van der Waals surface area contributed by atoms with Gasteiger partial charge in [-0.2, -0.15) is 0 Å². The third-order valence-corrected chi connectivity index (χ3v) is 4.25. The van der Waals surface area contributed by atoms with Gasteiger partial charge < -0.3 is 24.5 Å². The van der Waals surface area contributed by atoms with E-state index in [1.165, 1.54) is 0 Å². The van der Waals surface area contributed by atoms with Gasteiger partial charge in [-0.05, 0) is 26.5 Å². The number of nitrogens with zero attached hydrogens (tertiary/aromatic N) is 3. The number of pyridine rings is 1. The van der Waals surface area contributed by atoms with Crippen molar-refractivity contribution in [1.82, 2.24) is 20.0 Å². The summed E-state index contributed by atoms with van der Waals surface area (Å²) in [7, 11) is 2.07. The van der Waals surface area contributed by atoms with Crippen LogP contribution in [0.4, 0.5) is 5.82 Å². The molecule has 25 heavy (non-hydrogen) atoms. The predicted octanol–water partition coefficient (Wildman–Crippen LogP) is 2.19. The highest BCUT2D eigenvalue weighted by atomic mass is 16.5. The lowest BCUT2D eigenvalue weighted by molar-refractivity contribution is 0.102. The normalized spacial score (nSPS) is 17.9. The molecule has 8 nitrogen and oxygen atoms in total. The van der Waals surface area contributed by atoms with Crippen LogP contribution >= 0.6 is 0 Å². The number of ether oxygens (including phenoxy) is 1. The molecule has 0 aromatic carbocycles. The highest BCUT2D eigenvalue weighted by Gasteiger charge is 2.22. The Labute approximate surface area is 144 Å². The Morgan fingerprint density at radius 3 is 3.08 bits per heavy atom. The molecule has 0 aliphatic carbocycles. The Balaban J connectivity index is 1.56. The molecule has 0 spiro atoms. The van der Waals surface area contributed by atoms with Crippen LogP contribution in [0.15, 0.2) is 28.9 Å². The van der Waals surface area contributed by atoms with Gasteiger partial charge in [0, 0.05) is 31.4 Å². The number of H-pyrrole nitrogens is 1. The molecular weight excluding hydrogens is 322 g/mol. The summed E-state index contributed by atoms with van der Waals surface area (Å²) in [5.74, 6) is 1.23. The first-order valence-corrected chi connectivity index (χ1v) is 8.16. The predicted molar refractivity (Wildman–Crippen MR) is 91.8 cm³/mol. The largest absolute Gasteiger partial charge is 0.473 e. The number of likely N-dealkylation sites (tertiary alicyclic amines) is 1. The SMILES string of the molecule is Cc1cc(NC(=O)c2c[nH]c3ccc(OC4CCN(C)C4)nc23)no1. The van der Waals surface area contributed by atoms with E-state index in [1.807, 2.05) is 12.1 Å². The number of fused-ring (bicyclic) bond motifs is 1. The summed E-state index contributed by atoms with van der Waals surface area (Å²) in [6.45, 7) is 3.66. The molecule has 1 atom stereocenters. The second-order valence-electron chi connectivity index (χ2n) is 6.32. The zero-order chi connectivity index (χ0) is 17.4. The van der Waals surface area contributed by atoms with Gasteiger partial charge in [-0.15, -0.1) is 0 Å². The van der Waals surface area contributed by atoms with Gasteiger partial charge in [-0.25, -0.2) is 4.98 Å². The van der Waals surface area contributed by atoms with Crippen LogP contribution in [-0.2, 0) is 0 Å². The number of aromatic amines is 1. The summed E-state index contributed by atoms with van der Waals surface area (Å²) in [6, 6.07) is 5.35. The molecule has 1 aliphatic rings. The third kappa shape index (κ3) is 3.20. The van der Waals surface area contributed by atoms with Gasteiger partial charge in [-0.1, -0.05) is 5.16 Å². The summed E-state index contributed by atoms with van der Waals surface area (Å²) < 4.78 is 10.9. The number of amides is 1. The molecule has 0 bridgehead atoms. The minimum Gasteiger partial charge on any atom is -0.473 e. The number of aromatic nitrogens is 3. The van der Waals surface area contributed by atoms with E-state index in [1.54, 1.807) is 19.2 Å². The van der Waals surface area contributed by atoms with Crippen LogP contribution in [-0.4, -0.2) is 52.2 Å². The van der Waals surface area contributed by atoms with Crippen molar-refractivity contribution in [3.8, 4) is 5.88 Å². The Morgan fingerprint density at radius 1 is 1.48 bits per heavy atom. The second-order valence-corrected chi connectivity index (χ2v) is 6.32. The Morgan fingerprint density at radius 2 is 2.36 bits per heavy atom. The fraction of sp³-hybridized carbons (Fsp3) is 0.353. The Hall–Kier alpha value is -2.87. The smallest absolute Gasteiger partial charge is 0.260 e. The number of hydrogen-bond acceptors (Lipinski definition) is 6. The molecule has 1 amide bonds. The van der Waals surface area contributed by atoms with Gasteiger partial charge in [-0.3, -0.25) is 4.79 Å². The summed E-state index contributed by atoms with van der Waals surface area (Å²) in [6.07, 6.45) is 2.74. The fourth-order valence-corrected chi connectivity index (χ4v) is 2.99. The average Bonchev–Trinajstić information content (AvgIpc) is 3.28. The minimum atomic E-state index is -0.301. The van der Waals surface area contributed by atoms with E-state index in [0.29, 0.717) is 28.5 Å². The van der Waals surface area contributed by atoms with Gasteiger partial charge in [0.2, 0.25) is 5.88 Å². The molecule has 1 unspecified atom stereocenters. The number of aryl methyl sites for hydroxylation is 1. The topological polar surface area (TPSA) is 96.3 Å². The molecule has 0 radical (unpaired) electrons. The van der Waals surface area contributed by atoms with Crippen molar-refractivity contribution in [2.24, 2.45) is 0 Å². The number of hydrogen-bond donors (Lipinski definition) is 2. The van der Waals surface area contributed by atoms with Crippen LogP contribution in [0.3, 0.4) is 0 Å². The van der Waals surface area contributed by atoms with E-state index in [4.69, 9.17) is 9.26 Å². The highest BCUT2D eigenvalue weighted by molar-refractivity contribution is 6.11. The molecule has 3 aromatic heterocycles. The zero-order valence-electron chi connectivity index (χ0n) is 14.1. The molecule has 8 heteroatoms. The van der Waals surface area contributed by atoms with Crippen molar-refractivity contribution in [2.45, 2.75) is 19.4 Å². The second kappa shape index (κ2) is 6.21. The van der Waals surface area contributed by atoms with Crippen LogP contribution in [0.5, 0.6) is 5.88 Å². The van der Waals surface area contributed by atoms with Gasteiger partial charge in [0.15, 0.2) is 5.82 Å². The van der Waals surface area contributed by atoms with Gasteiger partial charge in [0.05, 0.1) is 11.1 Å². The first-order valence-electron chi connectivity index (χ1n) is 8.16. The van der Waals surface area contributed by atoms with E-state index in [0.717, 1.165) is 25.0 Å². The molecule has 2 N–H and O–H groups in total. The van der Waals surface area contributed by atoms with Crippen molar-refractivity contribution in [2.75, 3.05) is 25.5 Å². The molecule has 3 aromatic rings. The monoisotopic (exact) mass is 341 g/mol. The maximum Gasteiger partial charge on any atom is 0.260 e. The van der Waals surface area contributed by atoms with Crippen LogP contribution in [0.25, 0.3) is 11.0 Å². The first kappa shape index (κ1) is 15.6. The molecule has 130 valence electrons. The number of anilines is 1. The van der Waals surface area contributed by atoms with Crippen molar-refractivity contribution < 1.29 is 14.1 Å². The quantitative estimate of drug-likeness (QED) is 0.755. The summed E-state index contributed by atoms with van der Waals surface area (Å²) >= 11 is 0. The number of nitrogens with one attached hydrogen (secondary N) is 2. The molecule has 1 aliphatic heterocycles. The fourth-order valence-electron chi connectivity index (χ4n) is 2.99. The standard InChI is InChI=1S/C17H19N5O3/c1-10-7-14(21-25-10)19-17(23)12-8-18-13-3-4-15(20-16(12)13)24-11-5-6-22(2)9-11/h3-4,7-8,11,18H,5-6,9H2,1-2H3,(H,19,21,23). The number of likely N-dealkylation sites (N-methyl/N-ethyl adjacent to an activating group) is 1. The van der Waals surface area contributed by atoms with Crippen LogP contribution in [0.1, 0.15) is 22.5 Å². The number of carbonyl (C=O) groups excluding carboxylic acids is 1. The van der Waals surface area contributed by atoms with Gasteiger partial charge in [0.1, 0.15) is 17.4 Å². The van der Waals surface area contributed by atoms with Crippen molar-refractivity contribution in [3.05, 3.63) is 35.7 Å². The molecule has 0 saturated carbocycles. The minimum absolute atomic E-state index is 0.129. The van der Waals surface area contributed by atoms with Crippen LogP contribution in [0, 0.1) is 6.92 Å². The lowest BCUT2D eigenvalue weighted by Gasteiger charge is -2.12. The summed E-state index contributed by atoms with van der Waals surface area (Å²) in [5.41, 5.74) is 1.78. The van der Waals surface area contributed by atoms with Gasteiger partial charge >= 0.3 is 0 Å². The van der Waals surface area contributed by atoms with Crippen molar-refractivity contribution in [3.63, 3.8) is 0 Å². The van der Waals surface area contributed by atoms with E-state index in [2.05, 4.69) is 32.4 Å². The third-order valence-electron chi connectivity index (χ3n) is 4.25. The average molecular weight is 341 g/mol. The number of rotatable bonds is 4. The zero-order valence-corrected chi connectivity index (χ0v) is 14.1. The van der Waals surface area contributed by atoms with E-state index in [-0.39, 0.29) is 12.0 Å². The van der Waals surface area contributed by atoms with Crippen LogP contribution < -0.4 is 10.1 Å². The maximum atomic E-state index is 12.5. The molecule has 1 saturated heterocycles. The van der Waals surface area contributed by atoms with E-state index < -0.39 is 0 Å². The van der Waals surface area contributed by atoms with E-state index in [9.17, 15) is 4.79 Å². The molecule has 1 fully saturated rings.